The van der Waals surface area contributed by atoms with Crippen molar-refractivity contribution in [2.75, 3.05) is 0 Å². The average Bonchev–Trinajstić information content (AvgIpc) is 2.57. The molecule has 3 nitrogen and oxygen atoms in total. The Balaban J connectivity index is 2.16. The Hall–Kier alpha value is -1.64. The van der Waals surface area contributed by atoms with Crippen LogP contribution in [0.4, 0.5) is 13.2 Å². The highest BCUT2D eigenvalue weighted by atomic mass is 79.9. The molecule has 0 spiro atoms. The van der Waals surface area contributed by atoms with Gasteiger partial charge in [-0.2, -0.15) is 13.2 Å². The van der Waals surface area contributed by atoms with Crippen molar-refractivity contribution in [2.45, 2.75) is 18.7 Å². The van der Waals surface area contributed by atoms with Gasteiger partial charge in [-0.15, -0.1) is 0 Å². The summed E-state index contributed by atoms with van der Waals surface area (Å²) in [6.45, 7) is 1.10. The van der Waals surface area contributed by atoms with Gasteiger partial charge in [-0.3, -0.25) is 9.59 Å². The molecule has 25 heavy (non-hydrogen) atoms. The summed E-state index contributed by atoms with van der Waals surface area (Å²) in [6.07, 6.45) is -3.17. The van der Waals surface area contributed by atoms with Crippen LogP contribution in [0, 0.1) is 0 Å². The lowest BCUT2D eigenvalue weighted by atomic mass is 9.81. The number of thioether (sulfide) groups is 1. The fraction of sp³-hybridized carbons (Fsp3) is 0.176. The van der Waals surface area contributed by atoms with E-state index in [0.29, 0.717) is 0 Å². The van der Waals surface area contributed by atoms with E-state index in [2.05, 4.69) is 15.9 Å². The lowest BCUT2D eigenvalue weighted by Gasteiger charge is -2.30. The smallest absolute Gasteiger partial charge is 0.374 e. The third kappa shape index (κ3) is 2.92. The fourth-order valence-electron chi connectivity index (χ4n) is 2.57. The molecule has 130 valence electrons. The molecule has 1 aromatic carbocycles. The van der Waals surface area contributed by atoms with Crippen molar-refractivity contribution in [3.8, 4) is 0 Å². The number of alkyl halides is 3. The van der Waals surface area contributed by atoms with Crippen molar-refractivity contribution < 1.29 is 27.9 Å². The summed E-state index contributed by atoms with van der Waals surface area (Å²) < 4.78 is 39.6. The van der Waals surface area contributed by atoms with Crippen molar-refractivity contribution in [3.05, 3.63) is 62.5 Å². The Labute approximate surface area is 153 Å². The monoisotopic (exact) mass is 430 g/mol. The van der Waals surface area contributed by atoms with Gasteiger partial charge in [-0.1, -0.05) is 30.0 Å². The van der Waals surface area contributed by atoms with Gasteiger partial charge in [-0.25, -0.2) is 0 Å². The SMILES string of the molecule is CC1(O)C(=O)C2=CSC(c3ccccc3C(F)(F)F)=CC2=C(Br)C1=O. The predicted molar refractivity (Wildman–Crippen MR) is 91.7 cm³/mol. The highest BCUT2D eigenvalue weighted by Gasteiger charge is 2.47. The van der Waals surface area contributed by atoms with Crippen LogP contribution in [0.25, 0.3) is 4.91 Å². The van der Waals surface area contributed by atoms with Crippen molar-refractivity contribution in [2.24, 2.45) is 0 Å². The maximum Gasteiger partial charge on any atom is 0.417 e. The highest BCUT2D eigenvalue weighted by Crippen LogP contribution is 2.46. The summed E-state index contributed by atoms with van der Waals surface area (Å²) >= 11 is 4.00. The topological polar surface area (TPSA) is 54.4 Å². The van der Waals surface area contributed by atoms with Gasteiger partial charge < -0.3 is 5.11 Å². The molecule has 0 saturated carbocycles. The van der Waals surface area contributed by atoms with E-state index in [4.69, 9.17) is 0 Å². The summed E-state index contributed by atoms with van der Waals surface area (Å²) in [5, 5.41) is 11.4. The molecule has 0 saturated heterocycles. The summed E-state index contributed by atoms with van der Waals surface area (Å²) in [5.41, 5.74) is -2.77. The van der Waals surface area contributed by atoms with Gasteiger partial charge >= 0.3 is 6.18 Å². The zero-order valence-corrected chi connectivity index (χ0v) is 15.1. The van der Waals surface area contributed by atoms with Gasteiger partial charge in [0.1, 0.15) is 0 Å². The third-order valence-corrected chi connectivity index (χ3v) is 5.66. The van der Waals surface area contributed by atoms with Crippen LogP contribution in [-0.4, -0.2) is 22.3 Å². The van der Waals surface area contributed by atoms with E-state index in [1.807, 2.05) is 0 Å². The lowest BCUT2D eigenvalue weighted by molar-refractivity contribution is -0.144. The fourth-order valence-corrected chi connectivity index (χ4v) is 4.26. The number of carbonyl (C=O) groups is 2. The zero-order valence-electron chi connectivity index (χ0n) is 12.6. The second-order valence-corrected chi connectivity index (χ2v) is 7.36. The molecule has 3 rings (SSSR count). The molecular weight excluding hydrogens is 421 g/mol. The molecule has 2 aliphatic rings. The maximum absolute atomic E-state index is 13.2. The minimum Gasteiger partial charge on any atom is -0.374 e. The van der Waals surface area contributed by atoms with Crippen molar-refractivity contribution in [3.63, 3.8) is 0 Å². The van der Waals surface area contributed by atoms with E-state index in [1.54, 1.807) is 0 Å². The van der Waals surface area contributed by atoms with Crippen LogP contribution in [0.1, 0.15) is 18.1 Å². The molecule has 0 fully saturated rings. The lowest BCUT2D eigenvalue weighted by Crippen LogP contribution is -2.48. The maximum atomic E-state index is 13.2. The first kappa shape index (κ1) is 18.2. The van der Waals surface area contributed by atoms with Gasteiger partial charge in [-0.05, 0) is 40.4 Å². The van der Waals surface area contributed by atoms with Crippen LogP contribution >= 0.6 is 27.7 Å². The van der Waals surface area contributed by atoms with Crippen molar-refractivity contribution in [1.29, 1.82) is 0 Å². The molecule has 1 aliphatic carbocycles. The number of halogens is 4. The molecule has 1 aliphatic heterocycles. The normalized spacial score (nSPS) is 24.1. The molecule has 0 radical (unpaired) electrons. The number of carbonyl (C=O) groups excluding carboxylic acids is 2. The first-order chi connectivity index (χ1) is 11.5. The molecule has 0 bridgehead atoms. The largest absolute Gasteiger partial charge is 0.417 e. The number of benzene rings is 1. The quantitative estimate of drug-likeness (QED) is 0.677. The van der Waals surface area contributed by atoms with Crippen LogP contribution in [0.15, 0.2) is 51.4 Å². The van der Waals surface area contributed by atoms with Crippen LogP contribution in [-0.2, 0) is 15.8 Å². The van der Waals surface area contributed by atoms with Crippen LogP contribution in [0.5, 0.6) is 0 Å². The van der Waals surface area contributed by atoms with E-state index in [0.717, 1.165) is 24.8 Å². The summed E-state index contributed by atoms with van der Waals surface area (Å²) in [4.78, 5) is 24.7. The Bertz CT molecular complexity index is 895. The molecule has 1 N–H and O–H groups in total. The van der Waals surface area contributed by atoms with Crippen LogP contribution < -0.4 is 0 Å². The van der Waals surface area contributed by atoms with E-state index in [9.17, 15) is 27.9 Å². The molecule has 1 aromatic rings. The number of fused-ring (bicyclic) bond motifs is 1. The number of hydrogen-bond acceptors (Lipinski definition) is 4. The van der Waals surface area contributed by atoms with Crippen molar-refractivity contribution >= 4 is 44.2 Å². The number of aliphatic hydroxyl groups is 1. The predicted octanol–water partition coefficient (Wildman–Crippen LogP) is 4.23. The van der Waals surface area contributed by atoms with Gasteiger partial charge in [0.15, 0.2) is 5.60 Å². The third-order valence-electron chi connectivity index (χ3n) is 3.93. The van der Waals surface area contributed by atoms with E-state index in [1.165, 1.54) is 29.7 Å². The minimum absolute atomic E-state index is 0.0364. The Morgan fingerprint density at radius 3 is 2.44 bits per heavy atom. The average molecular weight is 431 g/mol. The van der Waals surface area contributed by atoms with Gasteiger partial charge in [0.05, 0.1) is 10.0 Å². The molecule has 1 heterocycles. The van der Waals surface area contributed by atoms with Gasteiger partial charge in [0, 0.05) is 21.6 Å². The van der Waals surface area contributed by atoms with Crippen LogP contribution in [0.2, 0.25) is 0 Å². The summed E-state index contributed by atoms with van der Waals surface area (Å²) in [6, 6.07) is 5.08. The standard InChI is InChI=1S/C17H10BrF3O3S/c1-16(24)14(22)10-7-25-12(6-9(10)13(18)15(16)23)8-4-2-3-5-11(8)17(19,20)21/h2-7,24H,1H3. The summed E-state index contributed by atoms with van der Waals surface area (Å²) in [5.74, 6) is -1.60. The zero-order chi connectivity index (χ0) is 18.6. The van der Waals surface area contributed by atoms with Crippen molar-refractivity contribution in [1.82, 2.24) is 0 Å². The minimum atomic E-state index is -4.53. The number of ketones is 2. The number of rotatable bonds is 1. The Kier molecular flexibility index (Phi) is 4.33. The van der Waals surface area contributed by atoms with Gasteiger partial charge in [0.2, 0.25) is 11.6 Å². The Morgan fingerprint density at radius 2 is 1.80 bits per heavy atom. The molecule has 1 unspecified atom stereocenters. The van der Waals surface area contributed by atoms with E-state index < -0.39 is 28.9 Å². The molecular formula is C17H10BrF3O3S. The molecule has 0 amide bonds. The second-order valence-electron chi connectivity index (χ2n) is 5.66. The van der Waals surface area contributed by atoms with Gasteiger partial charge in [0.25, 0.3) is 0 Å². The van der Waals surface area contributed by atoms with E-state index in [-0.39, 0.29) is 26.1 Å². The molecule has 1 atom stereocenters. The molecule has 0 aromatic heterocycles. The van der Waals surface area contributed by atoms with Crippen LogP contribution in [0.3, 0.4) is 0 Å². The summed E-state index contributed by atoms with van der Waals surface area (Å²) in [7, 11) is 0. The first-order valence-corrected chi connectivity index (χ1v) is 8.69. The van der Waals surface area contributed by atoms with E-state index >= 15 is 0 Å². The highest BCUT2D eigenvalue weighted by molar-refractivity contribution is 9.12. The Morgan fingerprint density at radius 1 is 1.16 bits per heavy atom. The molecule has 8 heteroatoms. The number of hydrogen-bond donors (Lipinski definition) is 1. The second kappa shape index (κ2) is 5.96. The first-order valence-electron chi connectivity index (χ1n) is 7.02. The number of allylic oxidation sites excluding steroid dienone is 2. The number of Topliss-reactive ketones (excluding diaryl/α,β-unsaturated/α-hetero) is 2.